The number of halogens is 1. The molecule has 0 bridgehead atoms. The Morgan fingerprint density at radius 2 is 1.67 bits per heavy atom. The van der Waals surface area contributed by atoms with Gasteiger partial charge < -0.3 is 14.8 Å². The number of carbonyl (C=O) groups excluding carboxylic acids is 2. The Hall–Kier alpha value is -2.34. The minimum atomic E-state index is -0.603. The predicted octanol–water partition coefficient (Wildman–Crippen LogP) is 3.63. The van der Waals surface area contributed by atoms with Crippen molar-refractivity contribution in [3.63, 3.8) is 0 Å². The van der Waals surface area contributed by atoms with Gasteiger partial charge in [0.05, 0.1) is 5.69 Å². The van der Waals surface area contributed by atoms with Crippen LogP contribution in [0, 0.1) is 13.8 Å². The normalized spacial score (nSPS) is 10.1. The summed E-state index contributed by atoms with van der Waals surface area (Å²) in [6, 6.07) is 12.8. The average Bonchev–Trinajstić information content (AvgIpc) is 2.55. The summed E-state index contributed by atoms with van der Waals surface area (Å²) >= 11 is 3.37. The number of anilines is 1. The van der Waals surface area contributed by atoms with Crippen LogP contribution in [0.15, 0.2) is 46.9 Å². The molecule has 0 spiro atoms. The van der Waals surface area contributed by atoms with Crippen molar-refractivity contribution in [1.82, 2.24) is 0 Å². The van der Waals surface area contributed by atoms with Gasteiger partial charge in [-0.1, -0.05) is 23.8 Å². The number of ether oxygens (including phenoxy) is 2. The number of hydrogen-bond donors (Lipinski definition) is 1. The van der Waals surface area contributed by atoms with E-state index in [4.69, 9.17) is 9.47 Å². The van der Waals surface area contributed by atoms with E-state index in [1.165, 1.54) is 0 Å². The molecule has 0 radical (unpaired) electrons. The maximum absolute atomic E-state index is 11.8. The van der Waals surface area contributed by atoms with E-state index in [0.717, 1.165) is 15.6 Å². The maximum atomic E-state index is 11.8. The second kappa shape index (κ2) is 8.49. The topological polar surface area (TPSA) is 64.6 Å². The molecule has 0 atom stereocenters. The highest BCUT2D eigenvalue weighted by Crippen LogP contribution is 2.23. The Labute approximate surface area is 149 Å². The third-order valence-electron chi connectivity index (χ3n) is 3.14. The average molecular weight is 392 g/mol. The van der Waals surface area contributed by atoms with Gasteiger partial charge in [0.25, 0.3) is 5.91 Å². The fraction of sp³-hybridized carbons (Fsp3) is 0.222. The highest BCUT2D eigenvalue weighted by Gasteiger charge is 2.10. The van der Waals surface area contributed by atoms with Crippen molar-refractivity contribution >= 4 is 33.5 Å². The van der Waals surface area contributed by atoms with Crippen LogP contribution in [0.2, 0.25) is 0 Å². The molecule has 0 heterocycles. The number of rotatable bonds is 6. The molecule has 1 N–H and O–H groups in total. The molecule has 0 unspecified atom stereocenters. The van der Waals surface area contributed by atoms with Crippen LogP contribution in [0.5, 0.6) is 5.75 Å². The predicted molar refractivity (Wildman–Crippen MR) is 95.1 cm³/mol. The molecule has 0 fully saturated rings. The fourth-order valence-corrected chi connectivity index (χ4v) is 2.46. The van der Waals surface area contributed by atoms with Crippen LogP contribution in [-0.4, -0.2) is 25.1 Å². The standard InChI is InChI=1S/C18H18BrNO4/c1-12-3-6-14(7-4-12)23-11-18(22)24-10-17(21)20-16-8-5-13(2)9-15(16)19/h3-9H,10-11H2,1-2H3,(H,20,21). The minimum absolute atomic E-state index is 0.245. The molecule has 1 amide bonds. The Bertz CT molecular complexity index is 728. The van der Waals surface area contributed by atoms with E-state index in [1.54, 1.807) is 18.2 Å². The highest BCUT2D eigenvalue weighted by atomic mass is 79.9. The fourth-order valence-electron chi connectivity index (χ4n) is 1.87. The second-order valence-corrected chi connectivity index (χ2v) is 6.15. The number of amides is 1. The van der Waals surface area contributed by atoms with Crippen molar-refractivity contribution in [1.29, 1.82) is 0 Å². The molecule has 0 aliphatic rings. The maximum Gasteiger partial charge on any atom is 0.344 e. The first-order valence-corrected chi connectivity index (χ1v) is 8.14. The summed E-state index contributed by atoms with van der Waals surface area (Å²) in [5, 5.41) is 2.67. The molecule has 6 heteroatoms. The molecule has 24 heavy (non-hydrogen) atoms. The van der Waals surface area contributed by atoms with Crippen LogP contribution in [0.3, 0.4) is 0 Å². The Kier molecular flexibility index (Phi) is 6.37. The van der Waals surface area contributed by atoms with E-state index >= 15 is 0 Å². The van der Waals surface area contributed by atoms with Crippen LogP contribution >= 0.6 is 15.9 Å². The van der Waals surface area contributed by atoms with E-state index in [1.807, 2.05) is 38.1 Å². The van der Waals surface area contributed by atoms with Gasteiger partial charge in [-0.15, -0.1) is 0 Å². The van der Waals surface area contributed by atoms with E-state index in [-0.39, 0.29) is 13.2 Å². The largest absolute Gasteiger partial charge is 0.482 e. The zero-order chi connectivity index (χ0) is 17.5. The lowest BCUT2D eigenvalue weighted by molar-refractivity contribution is -0.149. The summed E-state index contributed by atoms with van der Waals surface area (Å²) in [5.41, 5.74) is 2.79. The van der Waals surface area contributed by atoms with E-state index < -0.39 is 11.9 Å². The van der Waals surface area contributed by atoms with E-state index in [9.17, 15) is 9.59 Å². The highest BCUT2D eigenvalue weighted by molar-refractivity contribution is 9.10. The molecule has 0 aromatic heterocycles. The van der Waals surface area contributed by atoms with Crippen molar-refractivity contribution < 1.29 is 19.1 Å². The van der Waals surface area contributed by atoms with Gasteiger partial charge in [-0.05, 0) is 59.6 Å². The molecule has 0 saturated heterocycles. The third-order valence-corrected chi connectivity index (χ3v) is 3.80. The molecule has 0 aliphatic carbocycles. The Balaban J connectivity index is 1.74. The van der Waals surface area contributed by atoms with Crippen LogP contribution in [0.1, 0.15) is 11.1 Å². The molecule has 2 rings (SSSR count). The van der Waals surface area contributed by atoms with Crippen LogP contribution in [0.25, 0.3) is 0 Å². The summed E-state index contributed by atoms with van der Waals surface area (Å²) in [5.74, 6) is -0.442. The van der Waals surface area contributed by atoms with Crippen molar-refractivity contribution in [2.45, 2.75) is 13.8 Å². The quantitative estimate of drug-likeness (QED) is 0.763. The third kappa shape index (κ3) is 5.70. The van der Waals surface area contributed by atoms with E-state index in [0.29, 0.717) is 11.4 Å². The summed E-state index contributed by atoms with van der Waals surface area (Å²) in [6.45, 7) is 3.30. The number of carbonyl (C=O) groups is 2. The number of hydrogen-bond acceptors (Lipinski definition) is 4. The number of aryl methyl sites for hydroxylation is 2. The van der Waals surface area contributed by atoms with Gasteiger partial charge in [-0.3, -0.25) is 4.79 Å². The van der Waals surface area contributed by atoms with Crippen LogP contribution in [0.4, 0.5) is 5.69 Å². The van der Waals surface area contributed by atoms with Crippen LogP contribution < -0.4 is 10.1 Å². The van der Waals surface area contributed by atoms with Crippen molar-refractivity contribution in [2.24, 2.45) is 0 Å². The lowest BCUT2D eigenvalue weighted by Gasteiger charge is -2.09. The molecule has 5 nitrogen and oxygen atoms in total. The summed E-state index contributed by atoms with van der Waals surface area (Å²) in [6.07, 6.45) is 0. The minimum Gasteiger partial charge on any atom is -0.482 e. The van der Waals surface area contributed by atoms with Gasteiger partial charge in [0.1, 0.15) is 5.75 Å². The number of benzene rings is 2. The summed E-state index contributed by atoms with van der Waals surface area (Å²) in [4.78, 5) is 23.4. The Morgan fingerprint density at radius 1 is 1.00 bits per heavy atom. The van der Waals surface area contributed by atoms with Crippen molar-refractivity contribution in [3.05, 3.63) is 58.1 Å². The smallest absolute Gasteiger partial charge is 0.344 e. The molecule has 2 aromatic rings. The monoisotopic (exact) mass is 391 g/mol. The second-order valence-electron chi connectivity index (χ2n) is 5.29. The molecular formula is C18H18BrNO4. The molecule has 126 valence electrons. The first-order chi connectivity index (χ1) is 11.4. The van der Waals surface area contributed by atoms with Gasteiger partial charge in [0.15, 0.2) is 13.2 Å². The molecule has 2 aromatic carbocycles. The zero-order valence-electron chi connectivity index (χ0n) is 13.5. The van der Waals surface area contributed by atoms with Crippen molar-refractivity contribution in [3.8, 4) is 5.75 Å². The van der Waals surface area contributed by atoms with Gasteiger partial charge >= 0.3 is 5.97 Å². The zero-order valence-corrected chi connectivity index (χ0v) is 15.1. The van der Waals surface area contributed by atoms with Crippen LogP contribution in [-0.2, 0) is 14.3 Å². The SMILES string of the molecule is Cc1ccc(OCC(=O)OCC(=O)Nc2ccc(C)cc2Br)cc1. The van der Waals surface area contributed by atoms with Gasteiger partial charge in [-0.25, -0.2) is 4.79 Å². The molecule has 0 aliphatic heterocycles. The lowest BCUT2D eigenvalue weighted by Crippen LogP contribution is -2.23. The Morgan fingerprint density at radius 3 is 2.33 bits per heavy atom. The first-order valence-electron chi connectivity index (χ1n) is 7.35. The number of esters is 1. The first kappa shape index (κ1) is 18.0. The van der Waals surface area contributed by atoms with Gasteiger partial charge in [-0.2, -0.15) is 0 Å². The molecular weight excluding hydrogens is 374 g/mol. The summed E-state index contributed by atoms with van der Waals surface area (Å²) in [7, 11) is 0. The van der Waals surface area contributed by atoms with Crippen molar-refractivity contribution in [2.75, 3.05) is 18.5 Å². The number of nitrogens with one attached hydrogen (secondary N) is 1. The molecule has 0 saturated carbocycles. The summed E-state index contributed by atoms with van der Waals surface area (Å²) < 4.78 is 11.0. The van der Waals surface area contributed by atoms with Gasteiger partial charge in [0.2, 0.25) is 0 Å². The van der Waals surface area contributed by atoms with E-state index in [2.05, 4.69) is 21.2 Å². The van der Waals surface area contributed by atoms with Gasteiger partial charge in [0, 0.05) is 4.47 Å². The lowest BCUT2D eigenvalue weighted by atomic mass is 10.2.